The van der Waals surface area contributed by atoms with Crippen molar-refractivity contribution in [2.75, 3.05) is 5.75 Å². The van der Waals surface area contributed by atoms with E-state index in [2.05, 4.69) is 0 Å². The molecule has 3 nitrogen and oxygen atoms in total. The third-order valence-electron chi connectivity index (χ3n) is 4.06. The van der Waals surface area contributed by atoms with Crippen LogP contribution in [0, 0.1) is 6.92 Å². The molecule has 0 aliphatic carbocycles. The molecule has 0 N–H and O–H groups in total. The van der Waals surface area contributed by atoms with Crippen LogP contribution < -0.4 is 10.2 Å². The Morgan fingerprint density at radius 3 is 2.56 bits per heavy atom. The highest BCUT2D eigenvalue weighted by Crippen LogP contribution is 2.22. The van der Waals surface area contributed by atoms with Crippen LogP contribution in [0.5, 0.6) is 5.95 Å². The van der Waals surface area contributed by atoms with Gasteiger partial charge in [0, 0.05) is 17.9 Å². The van der Waals surface area contributed by atoms with Gasteiger partial charge in [-0.2, -0.15) is 3.89 Å². The average Bonchev–Trinajstić information content (AvgIpc) is 2.65. The smallest absolute Gasteiger partial charge is 0.292 e. The molecule has 2 aromatic carbocycles. The van der Waals surface area contributed by atoms with Crippen LogP contribution in [0.25, 0.3) is 11.0 Å². The molecule has 0 aliphatic rings. The highest BCUT2D eigenvalue weighted by molar-refractivity contribution is 7.94. The largest absolute Gasteiger partial charge is 0.460 e. The van der Waals surface area contributed by atoms with E-state index in [1.165, 1.54) is 5.56 Å². The molecule has 0 saturated carbocycles. The number of rotatable bonds is 7. The standard InChI is InChI=1S/C20H19FO3S/c1-14-19(22)17-6-2-3-7-18(17)24-20(14)23-13-16-10-8-15(9-11-16)5-4-12-25-21/h2-3,6-11H,4-5,12-13H2,1H3. The molecule has 1 heterocycles. The van der Waals surface area contributed by atoms with E-state index in [1.807, 2.05) is 36.4 Å². The molecule has 0 atom stereocenters. The van der Waals surface area contributed by atoms with E-state index in [-0.39, 0.29) is 11.4 Å². The fraction of sp³-hybridized carbons (Fsp3) is 0.250. The molecule has 0 saturated heterocycles. The maximum atomic E-state index is 12.4. The van der Waals surface area contributed by atoms with Crippen LogP contribution in [0.1, 0.15) is 23.1 Å². The fourth-order valence-corrected chi connectivity index (χ4v) is 2.89. The summed E-state index contributed by atoms with van der Waals surface area (Å²) >= 11 is 0.377. The summed E-state index contributed by atoms with van der Waals surface area (Å²) in [7, 11) is 0. The summed E-state index contributed by atoms with van der Waals surface area (Å²) in [6.45, 7) is 2.03. The van der Waals surface area contributed by atoms with Crippen LogP contribution in [0.15, 0.2) is 57.7 Å². The van der Waals surface area contributed by atoms with Gasteiger partial charge in [-0.3, -0.25) is 4.79 Å². The minimum absolute atomic E-state index is 0.0714. The summed E-state index contributed by atoms with van der Waals surface area (Å²) in [5, 5.41) is 0.558. The van der Waals surface area contributed by atoms with Gasteiger partial charge in [0.2, 0.25) is 0 Å². The Morgan fingerprint density at radius 2 is 1.80 bits per heavy atom. The zero-order chi connectivity index (χ0) is 17.6. The van der Waals surface area contributed by atoms with E-state index in [0.717, 1.165) is 18.4 Å². The maximum absolute atomic E-state index is 12.4. The molecular formula is C20H19FO3S. The summed E-state index contributed by atoms with van der Waals surface area (Å²) < 4.78 is 23.5. The zero-order valence-electron chi connectivity index (χ0n) is 14.0. The molecule has 0 fully saturated rings. The van der Waals surface area contributed by atoms with E-state index in [1.54, 1.807) is 19.1 Å². The van der Waals surface area contributed by atoms with E-state index < -0.39 is 0 Å². The number of benzene rings is 2. The minimum Gasteiger partial charge on any atom is -0.460 e. The monoisotopic (exact) mass is 358 g/mol. The molecule has 5 heteroatoms. The van der Waals surface area contributed by atoms with Gasteiger partial charge in [0.05, 0.1) is 10.9 Å². The van der Waals surface area contributed by atoms with Gasteiger partial charge in [-0.15, -0.1) is 0 Å². The first-order valence-electron chi connectivity index (χ1n) is 8.15. The third-order valence-corrected chi connectivity index (χ3v) is 4.50. The molecule has 3 rings (SSSR count). The van der Waals surface area contributed by atoms with Crippen LogP contribution in [0.3, 0.4) is 0 Å². The lowest BCUT2D eigenvalue weighted by Crippen LogP contribution is -2.08. The van der Waals surface area contributed by atoms with Crippen LogP contribution in [0.4, 0.5) is 3.89 Å². The van der Waals surface area contributed by atoms with Crippen molar-refractivity contribution in [1.82, 2.24) is 0 Å². The Labute approximate surface area is 150 Å². The molecule has 0 amide bonds. The molecule has 0 spiro atoms. The number of ether oxygens (including phenoxy) is 1. The molecule has 130 valence electrons. The first kappa shape index (κ1) is 17.5. The molecule has 0 radical (unpaired) electrons. The topological polar surface area (TPSA) is 39.4 Å². The second-order valence-corrected chi connectivity index (χ2v) is 6.49. The summed E-state index contributed by atoms with van der Waals surface area (Å²) in [6, 6.07) is 15.1. The predicted molar refractivity (Wildman–Crippen MR) is 99.9 cm³/mol. The SMILES string of the molecule is Cc1c(OCc2ccc(CCCSF)cc2)oc2ccccc2c1=O. The molecule has 0 unspecified atom stereocenters. The quantitative estimate of drug-likeness (QED) is 0.542. The first-order valence-corrected chi connectivity index (χ1v) is 9.04. The molecule has 1 aromatic heterocycles. The van der Waals surface area contributed by atoms with E-state index >= 15 is 0 Å². The van der Waals surface area contributed by atoms with Crippen molar-refractivity contribution in [3.8, 4) is 5.95 Å². The second-order valence-electron chi connectivity index (χ2n) is 5.86. The van der Waals surface area contributed by atoms with Gasteiger partial charge in [-0.25, -0.2) is 0 Å². The highest BCUT2D eigenvalue weighted by Gasteiger charge is 2.11. The number of hydrogen-bond acceptors (Lipinski definition) is 4. The zero-order valence-corrected chi connectivity index (χ0v) is 14.8. The normalized spacial score (nSPS) is 11.0. The van der Waals surface area contributed by atoms with E-state index in [0.29, 0.717) is 41.0 Å². The Balaban J connectivity index is 1.70. The van der Waals surface area contributed by atoms with Crippen molar-refractivity contribution in [3.05, 3.63) is 75.4 Å². The molecule has 0 aliphatic heterocycles. The molecule has 0 bridgehead atoms. The van der Waals surface area contributed by atoms with Crippen molar-refractivity contribution in [1.29, 1.82) is 0 Å². The van der Waals surface area contributed by atoms with Gasteiger partial charge in [-0.1, -0.05) is 36.4 Å². The molecule has 3 aromatic rings. The van der Waals surface area contributed by atoms with Crippen LogP contribution >= 0.6 is 12.1 Å². The van der Waals surface area contributed by atoms with Gasteiger partial charge < -0.3 is 9.15 Å². The number of aryl methyl sites for hydroxylation is 1. The lowest BCUT2D eigenvalue weighted by Gasteiger charge is -2.09. The summed E-state index contributed by atoms with van der Waals surface area (Å²) in [6.07, 6.45) is 1.68. The van der Waals surface area contributed by atoms with Crippen LogP contribution in [-0.2, 0) is 13.0 Å². The van der Waals surface area contributed by atoms with Crippen molar-refractivity contribution in [3.63, 3.8) is 0 Å². The fourth-order valence-electron chi connectivity index (χ4n) is 2.63. The highest BCUT2D eigenvalue weighted by atomic mass is 32.2. The van der Waals surface area contributed by atoms with Gasteiger partial charge in [0.25, 0.3) is 5.95 Å². The van der Waals surface area contributed by atoms with Gasteiger partial charge in [-0.05, 0) is 43.0 Å². The van der Waals surface area contributed by atoms with Crippen molar-refractivity contribution >= 4 is 23.1 Å². The molecule has 25 heavy (non-hydrogen) atoms. The summed E-state index contributed by atoms with van der Waals surface area (Å²) in [5.41, 5.74) is 3.08. The number of fused-ring (bicyclic) bond motifs is 1. The Bertz CT molecular complexity index is 903. The van der Waals surface area contributed by atoms with Crippen molar-refractivity contribution < 1.29 is 13.0 Å². The number of hydrogen-bond donors (Lipinski definition) is 0. The van der Waals surface area contributed by atoms with E-state index in [9.17, 15) is 8.68 Å². The molecular weight excluding hydrogens is 339 g/mol. The van der Waals surface area contributed by atoms with Crippen molar-refractivity contribution in [2.24, 2.45) is 0 Å². The lowest BCUT2D eigenvalue weighted by molar-refractivity contribution is 0.232. The van der Waals surface area contributed by atoms with E-state index in [4.69, 9.17) is 9.15 Å². The third kappa shape index (κ3) is 4.23. The summed E-state index contributed by atoms with van der Waals surface area (Å²) in [4.78, 5) is 12.4. The minimum atomic E-state index is -0.0714. The number of halogens is 1. The predicted octanol–water partition coefficient (Wildman–Crippen LogP) is 5.23. The van der Waals surface area contributed by atoms with Crippen molar-refractivity contribution in [2.45, 2.75) is 26.4 Å². The van der Waals surface area contributed by atoms with Gasteiger partial charge in [0.15, 0.2) is 5.43 Å². The van der Waals surface area contributed by atoms with Gasteiger partial charge >= 0.3 is 0 Å². The Hall–Kier alpha value is -2.27. The Kier molecular flexibility index (Phi) is 5.76. The van der Waals surface area contributed by atoms with Crippen LogP contribution in [-0.4, -0.2) is 5.75 Å². The van der Waals surface area contributed by atoms with Gasteiger partial charge in [0.1, 0.15) is 12.2 Å². The maximum Gasteiger partial charge on any atom is 0.292 e. The lowest BCUT2D eigenvalue weighted by atomic mass is 10.1. The number of para-hydroxylation sites is 1. The van der Waals surface area contributed by atoms with Crippen LogP contribution in [0.2, 0.25) is 0 Å². The first-order chi connectivity index (χ1) is 12.2. The summed E-state index contributed by atoms with van der Waals surface area (Å²) in [5.74, 6) is 0.776. The average molecular weight is 358 g/mol. The second kappa shape index (κ2) is 8.21. The Morgan fingerprint density at radius 1 is 1.08 bits per heavy atom.